The van der Waals surface area contributed by atoms with Gasteiger partial charge in [-0.15, -0.1) is 0 Å². The molecule has 2 unspecified atom stereocenters. The quantitative estimate of drug-likeness (QED) is 0.0303. The summed E-state index contributed by atoms with van der Waals surface area (Å²) in [5.41, 5.74) is 0. The Morgan fingerprint density at radius 2 is 1.12 bits per heavy atom. The highest BCUT2D eigenvalue weighted by atomic mass is 16.6. The maximum absolute atomic E-state index is 12.6. The third-order valence-electron chi connectivity index (χ3n) is 8.80. The molecule has 0 spiro atoms. The molecule has 0 heterocycles. The highest BCUT2D eigenvalue weighted by molar-refractivity contribution is 5.72. The summed E-state index contributed by atoms with van der Waals surface area (Å²) in [6, 6.07) is -0.611. The Morgan fingerprint density at radius 1 is 0.620 bits per heavy atom. The molecule has 0 aliphatic carbocycles. The zero-order valence-electron chi connectivity index (χ0n) is 32.8. The minimum absolute atomic E-state index is 0.0525. The number of rotatable bonds is 35. The van der Waals surface area contributed by atoms with Crippen LogP contribution in [0.4, 0.5) is 0 Å². The molecule has 0 aliphatic heterocycles. The van der Waals surface area contributed by atoms with Gasteiger partial charge in [0.05, 0.1) is 34.4 Å². The minimum Gasteiger partial charge on any atom is -0.477 e. The van der Waals surface area contributed by atoms with E-state index in [0.29, 0.717) is 19.3 Å². The number of aliphatic carboxylic acids is 1. The van der Waals surface area contributed by atoms with Gasteiger partial charge in [0.1, 0.15) is 6.61 Å². The van der Waals surface area contributed by atoms with E-state index in [9.17, 15) is 19.5 Å². The van der Waals surface area contributed by atoms with Gasteiger partial charge in [0.25, 0.3) is 0 Å². The summed E-state index contributed by atoms with van der Waals surface area (Å²) in [5.74, 6) is -1.48. The predicted molar refractivity (Wildman–Crippen MR) is 206 cm³/mol. The van der Waals surface area contributed by atoms with Gasteiger partial charge in [-0.05, 0) is 44.9 Å². The van der Waals surface area contributed by atoms with Gasteiger partial charge in [0.15, 0.2) is 12.1 Å². The molecular formula is C42H76NO7+. The van der Waals surface area contributed by atoms with Gasteiger partial charge in [-0.25, -0.2) is 4.79 Å². The molecule has 0 aromatic carbocycles. The highest BCUT2D eigenvalue weighted by Crippen LogP contribution is 2.14. The zero-order valence-corrected chi connectivity index (χ0v) is 32.8. The predicted octanol–water partition coefficient (Wildman–Crippen LogP) is 10.3. The average molecular weight is 707 g/mol. The van der Waals surface area contributed by atoms with E-state index in [1.54, 1.807) is 0 Å². The third kappa shape index (κ3) is 31.5. The van der Waals surface area contributed by atoms with Crippen molar-refractivity contribution >= 4 is 17.9 Å². The van der Waals surface area contributed by atoms with Crippen molar-refractivity contribution in [2.24, 2.45) is 0 Å². The summed E-state index contributed by atoms with van der Waals surface area (Å²) < 4.78 is 17.2. The van der Waals surface area contributed by atoms with Crippen LogP contribution in [0.5, 0.6) is 0 Å². The van der Waals surface area contributed by atoms with Crippen molar-refractivity contribution in [3.05, 3.63) is 36.5 Å². The Balaban J connectivity index is 4.23. The molecule has 0 fully saturated rings. The first-order valence-electron chi connectivity index (χ1n) is 20.0. The smallest absolute Gasteiger partial charge is 0.362 e. The number of hydrogen-bond acceptors (Lipinski definition) is 6. The Bertz CT molecular complexity index is 922. The van der Waals surface area contributed by atoms with E-state index in [1.807, 2.05) is 21.1 Å². The van der Waals surface area contributed by atoms with E-state index in [0.717, 1.165) is 57.8 Å². The Kier molecular flexibility index (Phi) is 32.0. The number of esters is 2. The molecule has 290 valence electrons. The standard InChI is InChI=1S/C42H75NO7/c1-6-8-10-12-14-15-16-17-18-19-20-21-22-23-24-25-27-28-30-32-40(44)49-37-38(36-48-35-34-39(42(46)47)43(3,4)5)50-41(45)33-31-29-26-13-11-9-7-2/h8,10,14-15,17-18,38-39H,6-7,9,11-13,16,19-37H2,1-5H3/p+1/b10-8+,15-14+,18-17+. The Hall–Kier alpha value is -2.45. The molecule has 0 aromatic heterocycles. The largest absolute Gasteiger partial charge is 0.477 e. The van der Waals surface area contributed by atoms with Gasteiger partial charge in [0.2, 0.25) is 0 Å². The van der Waals surface area contributed by atoms with Crippen molar-refractivity contribution in [1.29, 1.82) is 0 Å². The van der Waals surface area contributed by atoms with E-state index in [2.05, 4.69) is 50.3 Å². The van der Waals surface area contributed by atoms with Crippen LogP contribution in [-0.2, 0) is 28.6 Å². The summed E-state index contributed by atoms with van der Waals surface area (Å²) in [7, 11) is 5.51. The second-order valence-electron chi connectivity index (χ2n) is 14.5. The number of carbonyl (C=O) groups excluding carboxylic acids is 2. The number of carbonyl (C=O) groups is 3. The second-order valence-corrected chi connectivity index (χ2v) is 14.5. The maximum atomic E-state index is 12.6. The molecule has 0 saturated carbocycles. The summed E-state index contributed by atoms with van der Waals surface area (Å²) in [5, 5.41) is 9.57. The number of allylic oxidation sites excluding steroid dienone is 6. The van der Waals surface area contributed by atoms with Crippen LogP contribution in [0.2, 0.25) is 0 Å². The number of hydrogen-bond donors (Lipinski definition) is 1. The molecule has 50 heavy (non-hydrogen) atoms. The molecule has 2 atom stereocenters. The number of carboxylic acid groups (broad SMARTS) is 1. The van der Waals surface area contributed by atoms with Crippen molar-refractivity contribution in [2.75, 3.05) is 41.0 Å². The summed E-state index contributed by atoms with van der Waals surface area (Å²) in [6.07, 6.45) is 36.3. The molecule has 0 bridgehead atoms. The SMILES string of the molecule is CC/C=C/C/C=C/C/C=C/CCCCCCCCCCCC(=O)OCC(COCCC(C(=O)O)[N+](C)(C)C)OC(=O)CCCCCCCCC. The first kappa shape index (κ1) is 47.5. The maximum Gasteiger partial charge on any atom is 0.362 e. The van der Waals surface area contributed by atoms with Crippen molar-refractivity contribution in [1.82, 2.24) is 0 Å². The molecule has 8 nitrogen and oxygen atoms in total. The molecule has 0 saturated heterocycles. The van der Waals surface area contributed by atoms with Crippen LogP contribution in [0.3, 0.4) is 0 Å². The number of nitrogens with zero attached hydrogens (tertiary/aromatic N) is 1. The van der Waals surface area contributed by atoms with E-state index < -0.39 is 18.1 Å². The van der Waals surface area contributed by atoms with Crippen LogP contribution in [0.1, 0.15) is 162 Å². The molecule has 0 aromatic rings. The van der Waals surface area contributed by atoms with Gasteiger partial charge in [-0.1, -0.05) is 134 Å². The molecule has 8 heteroatoms. The average Bonchev–Trinajstić information content (AvgIpc) is 3.06. The van der Waals surface area contributed by atoms with Crippen LogP contribution in [-0.4, -0.2) is 80.6 Å². The first-order valence-corrected chi connectivity index (χ1v) is 20.0. The normalized spacial score (nSPS) is 13.4. The Morgan fingerprint density at radius 3 is 1.66 bits per heavy atom. The van der Waals surface area contributed by atoms with Crippen molar-refractivity contribution in [3.63, 3.8) is 0 Å². The third-order valence-corrected chi connectivity index (χ3v) is 8.80. The molecule has 0 radical (unpaired) electrons. The lowest BCUT2D eigenvalue weighted by Crippen LogP contribution is -2.50. The van der Waals surface area contributed by atoms with Crippen LogP contribution < -0.4 is 0 Å². The van der Waals surface area contributed by atoms with Gasteiger partial charge < -0.3 is 23.8 Å². The monoisotopic (exact) mass is 707 g/mol. The van der Waals surface area contributed by atoms with Gasteiger partial charge in [-0.2, -0.15) is 0 Å². The fourth-order valence-corrected chi connectivity index (χ4v) is 5.69. The number of likely N-dealkylation sites (N-methyl/N-ethyl adjacent to an activating group) is 1. The number of quaternary nitrogens is 1. The van der Waals surface area contributed by atoms with Crippen LogP contribution in [0.15, 0.2) is 36.5 Å². The van der Waals surface area contributed by atoms with Gasteiger partial charge in [-0.3, -0.25) is 9.59 Å². The molecule has 0 amide bonds. The van der Waals surface area contributed by atoms with Crippen molar-refractivity contribution in [2.45, 2.75) is 174 Å². The van der Waals surface area contributed by atoms with Crippen LogP contribution in [0.25, 0.3) is 0 Å². The fourth-order valence-electron chi connectivity index (χ4n) is 5.69. The van der Waals surface area contributed by atoms with Crippen LogP contribution in [0, 0.1) is 0 Å². The summed E-state index contributed by atoms with van der Waals surface area (Å²) >= 11 is 0. The topological polar surface area (TPSA) is 99.1 Å². The number of unbranched alkanes of at least 4 members (excludes halogenated alkanes) is 15. The van der Waals surface area contributed by atoms with E-state index >= 15 is 0 Å². The molecule has 0 aliphatic rings. The highest BCUT2D eigenvalue weighted by Gasteiger charge is 2.31. The van der Waals surface area contributed by atoms with Crippen molar-refractivity contribution < 1.29 is 38.2 Å². The van der Waals surface area contributed by atoms with E-state index in [1.165, 1.54) is 70.6 Å². The molecular weight excluding hydrogens is 630 g/mol. The summed E-state index contributed by atoms with van der Waals surface area (Å²) in [4.78, 5) is 36.7. The second kappa shape index (κ2) is 33.7. The summed E-state index contributed by atoms with van der Waals surface area (Å²) in [6.45, 7) is 4.57. The molecule has 0 rings (SSSR count). The lowest BCUT2D eigenvalue weighted by molar-refractivity contribution is -0.887. The fraction of sp³-hybridized carbons (Fsp3) is 0.786. The lowest BCUT2D eigenvalue weighted by Gasteiger charge is -2.31. The minimum atomic E-state index is -0.877. The number of carboxylic acids is 1. The van der Waals surface area contributed by atoms with E-state index in [-0.39, 0.29) is 36.2 Å². The van der Waals surface area contributed by atoms with Gasteiger partial charge in [0, 0.05) is 19.3 Å². The van der Waals surface area contributed by atoms with Crippen LogP contribution >= 0.6 is 0 Å². The first-order chi connectivity index (χ1) is 24.1. The molecule has 1 N–H and O–H groups in total. The zero-order chi connectivity index (χ0) is 37.1. The lowest BCUT2D eigenvalue weighted by atomic mass is 10.1. The van der Waals surface area contributed by atoms with Gasteiger partial charge >= 0.3 is 17.9 Å². The van der Waals surface area contributed by atoms with Crippen molar-refractivity contribution in [3.8, 4) is 0 Å². The number of ether oxygens (including phenoxy) is 3. The Labute approximate surface area is 306 Å². The van der Waals surface area contributed by atoms with E-state index in [4.69, 9.17) is 14.2 Å².